The number of ether oxygens (including phenoxy) is 4. The molecule has 7 heteroatoms. The number of hydrogen-bond donors (Lipinski definition) is 0. The van der Waals surface area contributed by atoms with E-state index in [-0.39, 0.29) is 17.7 Å². The summed E-state index contributed by atoms with van der Waals surface area (Å²) in [5, 5.41) is 0. The molecule has 1 rings (SSSR count). The van der Waals surface area contributed by atoms with Crippen LogP contribution in [0.3, 0.4) is 0 Å². The Balaban J connectivity index is 2.19. The highest BCUT2D eigenvalue weighted by Gasteiger charge is 2.33. The summed E-state index contributed by atoms with van der Waals surface area (Å²) in [6, 6.07) is 0. The van der Waals surface area contributed by atoms with Crippen LogP contribution in [0.25, 0.3) is 0 Å². The van der Waals surface area contributed by atoms with Crippen LogP contribution in [0.2, 0.25) is 0 Å². The highest BCUT2D eigenvalue weighted by atomic mass is 16.7. The first-order chi connectivity index (χ1) is 27.9. The van der Waals surface area contributed by atoms with Crippen molar-refractivity contribution in [2.45, 2.75) is 232 Å². The predicted octanol–water partition coefficient (Wildman–Crippen LogP) is 14.0. The van der Waals surface area contributed by atoms with Gasteiger partial charge in [-0.25, -0.2) is 0 Å². The summed E-state index contributed by atoms with van der Waals surface area (Å²) in [6.45, 7) is 7.83. The average Bonchev–Trinajstić information content (AvgIpc) is 3.20. The molecule has 0 spiro atoms. The first kappa shape index (κ1) is 53.3. The zero-order valence-electron chi connectivity index (χ0n) is 38.2. The summed E-state index contributed by atoms with van der Waals surface area (Å²) in [6.07, 6.45) is 46.4. The molecule has 0 aromatic carbocycles. The average molecular weight is 804 g/mol. The molecular weight excluding hydrogens is 711 g/mol. The van der Waals surface area contributed by atoms with E-state index in [1.807, 2.05) is 6.08 Å². The summed E-state index contributed by atoms with van der Waals surface area (Å²) in [5.41, 5.74) is 0. The van der Waals surface area contributed by atoms with Crippen LogP contribution in [0.4, 0.5) is 0 Å². The van der Waals surface area contributed by atoms with Gasteiger partial charge >= 0.3 is 11.9 Å². The summed E-state index contributed by atoms with van der Waals surface area (Å²) >= 11 is 0. The van der Waals surface area contributed by atoms with Gasteiger partial charge in [-0.2, -0.15) is 0 Å². The largest absolute Gasteiger partial charge is 0.466 e. The lowest BCUT2D eigenvalue weighted by Crippen LogP contribution is -2.38. The SMILES string of the molecule is CCCCC=CCOC1(OCCCCCCCCCCC(CCCCCCCCCC(=O)OCC=CCCCCCC)CC(=O)OCCCN(C)C)CCCCC1. The molecule has 1 aliphatic rings. The first-order valence-electron chi connectivity index (χ1n) is 24.4. The minimum Gasteiger partial charge on any atom is -0.466 e. The zero-order chi connectivity index (χ0) is 41.3. The van der Waals surface area contributed by atoms with Gasteiger partial charge in [0.1, 0.15) is 6.61 Å². The standard InChI is InChI=1S/C50H93NO6/c1-5-7-9-11-18-24-32-42-54-48(52)38-29-22-17-14-16-21-28-37-47(46-49(53)55-43-35-41-51(3)4)36-27-20-15-12-13-19-25-34-45-57-50(39-30-26-31-40-50)56-44-33-23-10-8-6-2/h23-24,32-33,47H,5-22,25-31,34-46H2,1-4H3. The summed E-state index contributed by atoms with van der Waals surface area (Å²) in [4.78, 5) is 26.9. The fourth-order valence-corrected chi connectivity index (χ4v) is 7.87. The van der Waals surface area contributed by atoms with Crippen molar-refractivity contribution < 1.29 is 28.5 Å². The van der Waals surface area contributed by atoms with E-state index in [0.29, 0.717) is 38.6 Å². The van der Waals surface area contributed by atoms with Gasteiger partial charge in [-0.05, 0) is 84.2 Å². The molecule has 0 radical (unpaired) electrons. The smallest absolute Gasteiger partial charge is 0.306 e. The molecule has 1 saturated carbocycles. The van der Waals surface area contributed by atoms with E-state index in [1.165, 1.54) is 135 Å². The van der Waals surface area contributed by atoms with Crippen LogP contribution < -0.4 is 0 Å². The molecule has 0 amide bonds. The third kappa shape index (κ3) is 34.8. The monoisotopic (exact) mass is 804 g/mol. The number of carbonyl (C=O) groups excluding carboxylic acids is 2. The summed E-state index contributed by atoms with van der Waals surface area (Å²) in [5.74, 6) is -0.000236. The Kier molecular flexibility index (Phi) is 37.2. The maximum Gasteiger partial charge on any atom is 0.306 e. The van der Waals surface area contributed by atoms with Crippen molar-refractivity contribution in [1.82, 2.24) is 4.90 Å². The van der Waals surface area contributed by atoms with Gasteiger partial charge in [0.25, 0.3) is 0 Å². The molecule has 1 fully saturated rings. The lowest BCUT2D eigenvalue weighted by molar-refractivity contribution is -0.247. The van der Waals surface area contributed by atoms with E-state index < -0.39 is 0 Å². The van der Waals surface area contributed by atoms with Crippen LogP contribution >= 0.6 is 0 Å². The van der Waals surface area contributed by atoms with E-state index >= 15 is 0 Å². The van der Waals surface area contributed by atoms with Crippen molar-refractivity contribution in [2.24, 2.45) is 5.92 Å². The van der Waals surface area contributed by atoms with Gasteiger partial charge in [0.2, 0.25) is 0 Å². The van der Waals surface area contributed by atoms with Gasteiger partial charge in [0.05, 0.1) is 19.8 Å². The molecule has 1 atom stereocenters. The molecule has 0 N–H and O–H groups in total. The molecule has 0 bridgehead atoms. The molecule has 0 aromatic rings. The van der Waals surface area contributed by atoms with Crippen molar-refractivity contribution >= 4 is 11.9 Å². The molecule has 334 valence electrons. The van der Waals surface area contributed by atoms with E-state index in [9.17, 15) is 9.59 Å². The molecular formula is C50H93NO6. The third-order valence-corrected chi connectivity index (χ3v) is 11.5. The number of unbranched alkanes of at least 4 members (excludes halogenated alkanes) is 19. The molecule has 0 aliphatic heterocycles. The van der Waals surface area contributed by atoms with Crippen molar-refractivity contribution in [2.75, 3.05) is 47.1 Å². The van der Waals surface area contributed by atoms with Crippen LogP contribution in [0.15, 0.2) is 24.3 Å². The molecule has 7 nitrogen and oxygen atoms in total. The van der Waals surface area contributed by atoms with E-state index in [0.717, 1.165) is 77.4 Å². The maximum absolute atomic E-state index is 12.7. The normalized spacial score (nSPS) is 14.9. The van der Waals surface area contributed by atoms with Crippen LogP contribution in [0.1, 0.15) is 226 Å². The minimum atomic E-state index is -0.349. The second-order valence-electron chi connectivity index (χ2n) is 17.3. The van der Waals surface area contributed by atoms with Gasteiger partial charge in [-0.3, -0.25) is 9.59 Å². The number of rotatable bonds is 41. The van der Waals surface area contributed by atoms with Crippen molar-refractivity contribution in [3.8, 4) is 0 Å². The Labute approximate surface area is 353 Å². The zero-order valence-corrected chi connectivity index (χ0v) is 38.2. The fourth-order valence-electron chi connectivity index (χ4n) is 7.87. The van der Waals surface area contributed by atoms with Crippen LogP contribution in [0, 0.1) is 5.92 Å². The second kappa shape index (κ2) is 39.7. The number of esters is 2. The first-order valence-corrected chi connectivity index (χ1v) is 24.4. The predicted molar refractivity (Wildman–Crippen MR) is 241 cm³/mol. The molecule has 0 saturated heterocycles. The Morgan fingerprint density at radius 2 is 1.11 bits per heavy atom. The Morgan fingerprint density at radius 1 is 0.544 bits per heavy atom. The maximum atomic E-state index is 12.7. The Bertz CT molecular complexity index is 958. The number of nitrogens with zero attached hydrogens (tertiary/aromatic N) is 1. The number of carbonyl (C=O) groups is 2. The van der Waals surface area contributed by atoms with E-state index in [1.54, 1.807) is 0 Å². The molecule has 0 aromatic heterocycles. The molecule has 57 heavy (non-hydrogen) atoms. The van der Waals surface area contributed by atoms with Crippen LogP contribution in [-0.4, -0.2) is 69.7 Å². The second-order valence-corrected chi connectivity index (χ2v) is 17.3. The van der Waals surface area contributed by atoms with Gasteiger partial charge in [0.15, 0.2) is 5.79 Å². The van der Waals surface area contributed by atoms with Gasteiger partial charge in [0, 0.05) is 32.2 Å². The minimum absolute atomic E-state index is 0.0140. The van der Waals surface area contributed by atoms with Gasteiger partial charge in [-0.1, -0.05) is 160 Å². The highest BCUT2D eigenvalue weighted by molar-refractivity contribution is 5.69. The fraction of sp³-hybridized carbons (Fsp3) is 0.880. The van der Waals surface area contributed by atoms with E-state index in [2.05, 4.69) is 51.1 Å². The molecule has 1 aliphatic carbocycles. The topological polar surface area (TPSA) is 74.3 Å². The molecule has 1 unspecified atom stereocenters. The van der Waals surface area contributed by atoms with Crippen molar-refractivity contribution in [1.29, 1.82) is 0 Å². The van der Waals surface area contributed by atoms with E-state index in [4.69, 9.17) is 18.9 Å². The Hall–Kier alpha value is -1.70. The third-order valence-electron chi connectivity index (χ3n) is 11.5. The quantitative estimate of drug-likeness (QED) is 0.0264. The Morgan fingerprint density at radius 3 is 1.74 bits per heavy atom. The lowest BCUT2D eigenvalue weighted by atomic mass is 9.91. The van der Waals surface area contributed by atoms with Crippen LogP contribution in [0.5, 0.6) is 0 Å². The number of hydrogen-bond acceptors (Lipinski definition) is 7. The van der Waals surface area contributed by atoms with Gasteiger partial charge in [-0.15, -0.1) is 0 Å². The lowest BCUT2D eigenvalue weighted by Gasteiger charge is -2.36. The van der Waals surface area contributed by atoms with Crippen LogP contribution in [-0.2, 0) is 28.5 Å². The van der Waals surface area contributed by atoms with Crippen molar-refractivity contribution in [3.05, 3.63) is 24.3 Å². The summed E-state index contributed by atoms with van der Waals surface area (Å²) in [7, 11) is 4.11. The summed E-state index contributed by atoms with van der Waals surface area (Å²) < 4.78 is 23.7. The van der Waals surface area contributed by atoms with Gasteiger partial charge < -0.3 is 23.8 Å². The number of allylic oxidation sites excluding steroid dienone is 2. The highest BCUT2D eigenvalue weighted by Crippen LogP contribution is 2.33. The van der Waals surface area contributed by atoms with Crippen molar-refractivity contribution in [3.63, 3.8) is 0 Å². The molecule has 0 heterocycles.